The largest absolute Gasteiger partial charge is 0.508 e. The molecule has 0 atom stereocenters. The molecule has 0 aliphatic rings. The summed E-state index contributed by atoms with van der Waals surface area (Å²) in [6.45, 7) is 0. The number of ether oxygens (including phenoxy) is 3. The van der Waals surface area contributed by atoms with Gasteiger partial charge in [-0.15, -0.1) is 0 Å². The van der Waals surface area contributed by atoms with Gasteiger partial charge in [-0.1, -0.05) is 12.2 Å². The van der Waals surface area contributed by atoms with Crippen molar-refractivity contribution in [3.63, 3.8) is 0 Å². The molecule has 2 aromatic carbocycles. The molecule has 2 aromatic rings. The summed E-state index contributed by atoms with van der Waals surface area (Å²) >= 11 is 0. The Morgan fingerprint density at radius 2 is 1.67 bits per heavy atom. The third-order valence-corrected chi connectivity index (χ3v) is 3.41. The van der Waals surface area contributed by atoms with Crippen LogP contribution in [0.25, 0.3) is 12.2 Å². The number of phenolic OH excluding ortho intramolecular Hbond substituents is 2. The molecule has 0 saturated carbocycles. The summed E-state index contributed by atoms with van der Waals surface area (Å²) in [5.74, 6) is 0.151. The molecule has 0 aromatic heterocycles. The van der Waals surface area contributed by atoms with Gasteiger partial charge in [-0.2, -0.15) is 0 Å². The maximum absolute atomic E-state index is 12.1. The molecule has 0 fully saturated rings. The maximum atomic E-state index is 12.1. The highest BCUT2D eigenvalue weighted by Gasteiger charge is 2.18. The van der Waals surface area contributed by atoms with Crippen molar-refractivity contribution in [2.24, 2.45) is 0 Å². The topological polar surface area (TPSA) is 85.2 Å². The highest BCUT2D eigenvalue weighted by Crippen LogP contribution is 2.31. The number of benzene rings is 2. The molecule has 0 heterocycles. The van der Waals surface area contributed by atoms with Crippen molar-refractivity contribution in [2.75, 3.05) is 21.3 Å². The zero-order chi connectivity index (χ0) is 17.7. The lowest BCUT2D eigenvalue weighted by molar-refractivity contribution is 0.0597. The summed E-state index contributed by atoms with van der Waals surface area (Å²) in [6.07, 6.45) is 3.23. The Bertz CT molecular complexity index is 779. The molecule has 0 bridgehead atoms. The van der Waals surface area contributed by atoms with Crippen molar-refractivity contribution >= 4 is 18.1 Å². The molecule has 0 aliphatic carbocycles. The Kier molecular flexibility index (Phi) is 5.31. The van der Waals surface area contributed by atoms with Gasteiger partial charge in [-0.25, -0.2) is 4.79 Å². The second kappa shape index (κ2) is 7.41. The van der Waals surface area contributed by atoms with Crippen LogP contribution in [0, 0.1) is 0 Å². The monoisotopic (exact) mass is 330 g/mol. The minimum atomic E-state index is -0.552. The lowest BCUT2D eigenvalue weighted by atomic mass is 10.0. The van der Waals surface area contributed by atoms with Crippen LogP contribution in [0.3, 0.4) is 0 Å². The Balaban J connectivity index is 2.54. The molecular weight excluding hydrogens is 312 g/mol. The van der Waals surface area contributed by atoms with Crippen LogP contribution < -0.4 is 9.47 Å². The van der Waals surface area contributed by atoms with E-state index in [1.54, 1.807) is 30.4 Å². The van der Waals surface area contributed by atoms with Gasteiger partial charge in [0.15, 0.2) is 0 Å². The molecule has 0 aliphatic heterocycles. The van der Waals surface area contributed by atoms with Gasteiger partial charge in [0.1, 0.15) is 28.6 Å². The molecule has 2 N–H and O–H groups in total. The predicted molar refractivity (Wildman–Crippen MR) is 89.6 cm³/mol. The van der Waals surface area contributed by atoms with Crippen LogP contribution >= 0.6 is 0 Å². The Hall–Kier alpha value is -3.15. The van der Waals surface area contributed by atoms with E-state index in [9.17, 15) is 15.0 Å². The fraction of sp³-hybridized carbons (Fsp3) is 0.167. The second-order valence-electron chi connectivity index (χ2n) is 4.86. The number of esters is 1. The Morgan fingerprint density at radius 3 is 2.25 bits per heavy atom. The first-order chi connectivity index (χ1) is 11.5. The highest BCUT2D eigenvalue weighted by atomic mass is 16.5. The van der Waals surface area contributed by atoms with Gasteiger partial charge in [-0.05, 0) is 23.8 Å². The van der Waals surface area contributed by atoms with Crippen LogP contribution in [0.5, 0.6) is 23.0 Å². The van der Waals surface area contributed by atoms with Gasteiger partial charge in [0.25, 0.3) is 0 Å². The van der Waals surface area contributed by atoms with Crippen molar-refractivity contribution in [1.82, 2.24) is 0 Å². The Labute approximate surface area is 139 Å². The van der Waals surface area contributed by atoms with Gasteiger partial charge in [0, 0.05) is 17.7 Å². The average molecular weight is 330 g/mol. The van der Waals surface area contributed by atoms with Gasteiger partial charge < -0.3 is 24.4 Å². The van der Waals surface area contributed by atoms with Gasteiger partial charge in [0.2, 0.25) is 0 Å². The summed E-state index contributed by atoms with van der Waals surface area (Å²) in [7, 11) is 4.23. The van der Waals surface area contributed by atoms with Crippen molar-refractivity contribution in [2.45, 2.75) is 0 Å². The molecule has 0 saturated heterocycles. The summed E-state index contributed by atoms with van der Waals surface area (Å²) < 4.78 is 15.3. The van der Waals surface area contributed by atoms with Crippen molar-refractivity contribution in [3.05, 3.63) is 47.0 Å². The second-order valence-corrected chi connectivity index (χ2v) is 4.86. The van der Waals surface area contributed by atoms with Gasteiger partial charge in [-0.3, -0.25) is 0 Å². The SMILES string of the molecule is COC(=O)c1c(/C=C/c2ccc(O)cc2O)cc(OC)cc1OC. The van der Waals surface area contributed by atoms with E-state index in [0.29, 0.717) is 22.6 Å². The molecule has 0 amide bonds. The molecule has 0 radical (unpaired) electrons. The van der Waals surface area contributed by atoms with Gasteiger partial charge >= 0.3 is 5.97 Å². The third kappa shape index (κ3) is 3.60. The maximum Gasteiger partial charge on any atom is 0.342 e. The van der Waals surface area contributed by atoms with E-state index >= 15 is 0 Å². The molecule has 2 rings (SSSR count). The number of hydrogen-bond acceptors (Lipinski definition) is 6. The van der Waals surface area contributed by atoms with Gasteiger partial charge in [0.05, 0.1) is 21.3 Å². The van der Waals surface area contributed by atoms with Crippen LogP contribution in [-0.4, -0.2) is 37.5 Å². The van der Waals surface area contributed by atoms with Crippen LogP contribution in [0.4, 0.5) is 0 Å². The molecule has 6 heteroatoms. The quantitative estimate of drug-likeness (QED) is 0.647. The average Bonchev–Trinajstić information content (AvgIpc) is 2.59. The molecular formula is C18H18O6. The van der Waals surface area contributed by atoms with Crippen LogP contribution in [0.15, 0.2) is 30.3 Å². The first-order valence-corrected chi connectivity index (χ1v) is 7.04. The Morgan fingerprint density at radius 1 is 0.958 bits per heavy atom. The molecule has 24 heavy (non-hydrogen) atoms. The lowest BCUT2D eigenvalue weighted by Gasteiger charge is -2.12. The smallest absolute Gasteiger partial charge is 0.342 e. The zero-order valence-corrected chi connectivity index (χ0v) is 13.6. The lowest BCUT2D eigenvalue weighted by Crippen LogP contribution is -2.07. The fourth-order valence-corrected chi connectivity index (χ4v) is 2.19. The van der Waals surface area contributed by atoms with Crippen molar-refractivity contribution in [1.29, 1.82) is 0 Å². The number of hydrogen-bond donors (Lipinski definition) is 2. The van der Waals surface area contributed by atoms with E-state index in [0.717, 1.165) is 0 Å². The van der Waals surface area contributed by atoms with E-state index < -0.39 is 5.97 Å². The molecule has 6 nitrogen and oxygen atoms in total. The number of rotatable bonds is 5. The number of methoxy groups -OCH3 is 3. The number of phenols is 2. The summed E-state index contributed by atoms with van der Waals surface area (Å²) in [4.78, 5) is 12.1. The molecule has 126 valence electrons. The van der Waals surface area contributed by atoms with Crippen molar-refractivity contribution in [3.8, 4) is 23.0 Å². The van der Waals surface area contributed by atoms with Crippen LogP contribution in [0.1, 0.15) is 21.5 Å². The van der Waals surface area contributed by atoms with Crippen LogP contribution in [-0.2, 0) is 4.74 Å². The van der Waals surface area contributed by atoms with E-state index in [-0.39, 0.29) is 17.1 Å². The third-order valence-electron chi connectivity index (χ3n) is 3.41. The minimum absolute atomic E-state index is 0.0389. The predicted octanol–water partition coefficient (Wildman–Crippen LogP) is 3.07. The summed E-state index contributed by atoms with van der Waals surface area (Å²) in [5, 5.41) is 19.2. The molecule has 0 unspecified atom stereocenters. The normalized spacial score (nSPS) is 10.6. The molecule has 0 spiro atoms. The minimum Gasteiger partial charge on any atom is -0.508 e. The summed E-state index contributed by atoms with van der Waals surface area (Å²) in [6, 6.07) is 7.47. The first-order valence-electron chi connectivity index (χ1n) is 7.04. The highest BCUT2D eigenvalue weighted by molar-refractivity contribution is 5.98. The number of carbonyl (C=O) groups is 1. The van der Waals surface area contributed by atoms with E-state index in [1.165, 1.54) is 33.5 Å². The van der Waals surface area contributed by atoms with E-state index in [2.05, 4.69) is 0 Å². The fourth-order valence-electron chi connectivity index (χ4n) is 2.19. The summed E-state index contributed by atoms with van der Waals surface area (Å²) in [5.41, 5.74) is 1.23. The van der Waals surface area contributed by atoms with E-state index in [1.807, 2.05) is 0 Å². The number of carbonyl (C=O) groups excluding carboxylic acids is 1. The van der Waals surface area contributed by atoms with E-state index in [4.69, 9.17) is 14.2 Å². The number of aromatic hydroxyl groups is 2. The van der Waals surface area contributed by atoms with Crippen molar-refractivity contribution < 1.29 is 29.2 Å². The first kappa shape index (κ1) is 17.2. The van der Waals surface area contributed by atoms with Crippen LogP contribution in [0.2, 0.25) is 0 Å². The zero-order valence-electron chi connectivity index (χ0n) is 13.6. The standard InChI is InChI=1S/C18H18O6/c1-22-14-8-12(17(18(21)24-3)16(10-14)23-2)5-4-11-6-7-13(19)9-15(11)20/h4-10,19-20H,1-3H3/b5-4+.